The maximum atomic E-state index is 12.4. The normalized spacial score (nSPS) is 11.1. The van der Waals surface area contributed by atoms with E-state index in [1.165, 1.54) is 39.5 Å². The Morgan fingerprint density at radius 3 is 2.28 bits per heavy atom. The fourth-order valence-corrected chi connectivity index (χ4v) is 3.71. The highest BCUT2D eigenvalue weighted by Gasteiger charge is 2.17. The molecule has 0 bridgehead atoms. The largest absolute Gasteiger partial charge is 0.495 e. The van der Waals surface area contributed by atoms with Crippen molar-refractivity contribution in [3.8, 4) is 17.2 Å². The van der Waals surface area contributed by atoms with Gasteiger partial charge in [0.25, 0.3) is 0 Å². The van der Waals surface area contributed by atoms with E-state index >= 15 is 0 Å². The number of methoxy groups -OCH3 is 3. The number of carbonyl (C=O) groups excluding carboxylic acids is 1. The fourth-order valence-electron chi connectivity index (χ4n) is 2.51. The maximum Gasteiger partial charge on any atom is 0.240 e. The second-order valence-electron chi connectivity index (χ2n) is 6.01. The van der Waals surface area contributed by atoms with E-state index in [1.807, 2.05) is 0 Å². The zero-order valence-corrected chi connectivity index (χ0v) is 18.1. The summed E-state index contributed by atoms with van der Waals surface area (Å²) in [6.07, 6.45) is -0.0721. The summed E-state index contributed by atoms with van der Waals surface area (Å²) in [5.41, 5.74) is 1.24. The highest BCUT2D eigenvalue weighted by molar-refractivity contribution is 7.89. The predicted molar refractivity (Wildman–Crippen MR) is 111 cm³/mol. The number of hydrogen-bond acceptors (Lipinski definition) is 6. The van der Waals surface area contributed by atoms with Crippen molar-refractivity contribution in [3.63, 3.8) is 0 Å². The minimum Gasteiger partial charge on any atom is -0.495 e. The Hall–Kier alpha value is -2.49. The van der Waals surface area contributed by atoms with Gasteiger partial charge in [0, 0.05) is 30.1 Å². The quantitative estimate of drug-likeness (QED) is 0.618. The maximum absolute atomic E-state index is 12.4. The van der Waals surface area contributed by atoms with Crippen molar-refractivity contribution in [2.75, 3.05) is 33.2 Å². The first-order valence-electron chi connectivity index (χ1n) is 8.57. The molecular weight excluding hydrogens is 420 g/mol. The van der Waals surface area contributed by atoms with Crippen molar-refractivity contribution < 1.29 is 27.4 Å². The van der Waals surface area contributed by atoms with Crippen LogP contribution >= 0.6 is 11.6 Å². The van der Waals surface area contributed by atoms with Crippen molar-refractivity contribution in [3.05, 3.63) is 40.9 Å². The highest BCUT2D eigenvalue weighted by Crippen LogP contribution is 2.31. The average molecular weight is 443 g/mol. The Morgan fingerprint density at radius 1 is 1.00 bits per heavy atom. The number of hydrogen-bond donors (Lipinski definition) is 2. The van der Waals surface area contributed by atoms with Crippen LogP contribution in [-0.4, -0.2) is 42.2 Å². The molecule has 0 radical (unpaired) electrons. The van der Waals surface area contributed by atoms with E-state index in [-0.39, 0.29) is 23.8 Å². The van der Waals surface area contributed by atoms with Crippen LogP contribution in [0.15, 0.2) is 35.2 Å². The summed E-state index contributed by atoms with van der Waals surface area (Å²) in [4.78, 5) is 12.2. The standard InChI is InChI=1S/C19H23ClN2O6S/c1-12-9-15(17(27-3)11-14(12)20)22-19(23)7-8-21-29(24,25)13-5-6-16(26-2)18(10-13)28-4/h5-6,9-11,21H,7-8H2,1-4H3,(H,22,23). The molecule has 10 heteroatoms. The molecule has 0 spiro atoms. The van der Waals surface area contributed by atoms with E-state index in [2.05, 4.69) is 10.0 Å². The molecule has 29 heavy (non-hydrogen) atoms. The van der Waals surface area contributed by atoms with Gasteiger partial charge in [-0.25, -0.2) is 13.1 Å². The molecule has 1 amide bonds. The second kappa shape index (κ2) is 9.82. The number of ether oxygens (including phenoxy) is 3. The number of halogens is 1. The van der Waals surface area contributed by atoms with E-state index in [4.69, 9.17) is 25.8 Å². The number of aryl methyl sites for hydroxylation is 1. The van der Waals surface area contributed by atoms with Gasteiger partial charge in [-0.15, -0.1) is 0 Å². The van der Waals surface area contributed by atoms with Crippen LogP contribution in [0.25, 0.3) is 0 Å². The summed E-state index contributed by atoms with van der Waals surface area (Å²) in [6, 6.07) is 7.53. The molecule has 0 aromatic heterocycles. The van der Waals surface area contributed by atoms with Gasteiger partial charge in [0.2, 0.25) is 15.9 Å². The molecule has 0 aliphatic carbocycles. The topological polar surface area (TPSA) is 103 Å². The van der Waals surface area contributed by atoms with Gasteiger partial charge in [0.05, 0.1) is 31.9 Å². The van der Waals surface area contributed by atoms with E-state index in [1.54, 1.807) is 19.1 Å². The van der Waals surface area contributed by atoms with Crippen molar-refractivity contribution in [2.45, 2.75) is 18.2 Å². The third kappa shape index (κ3) is 5.75. The van der Waals surface area contributed by atoms with Crippen LogP contribution in [-0.2, 0) is 14.8 Å². The molecule has 2 aromatic carbocycles. The summed E-state index contributed by atoms with van der Waals surface area (Å²) < 4.78 is 42.7. The van der Waals surface area contributed by atoms with Gasteiger partial charge in [0.1, 0.15) is 5.75 Å². The van der Waals surface area contributed by atoms with E-state index in [0.29, 0.717) is 28.0 Å². The number of amides is 1. The summed E-state index contributed by atoms with van der Waals surface area (Å²) in [6.45, 7) is 1.71. The number of rotatable bonds is 9. The number of carbonyl (C=O) groups is 1. The van der Waals surface area contributed by atoms with Crippen LogP contribution in [0.3, 0.4) is 0 Å². The smallest absolute Gasteiger partial charge is 0.240 e. The third-order valence-electron chi connectivity index (χ3n) is 4.06. The molecule has 0 heterocycles. The van der Waals surface area contributed by atoms with Gasteiger partial charge in [0.15, 0.2) is 11.5 Å². The Bertz CT molecular complexity index is 994. The molecule has 158 valence electrons. The zero-order chi connectivity index (χ0) is 21.6. The average Bonchev–Trinajstić information content (AvgIpc) is 2.69. The first-order chi connectivity index (χ1) is 13.7. The lowest BCUT2D eigenvalue weighted by Gasteiger charge is -2.13. The number of anilines is 1. The lowest BCUT2D eigenvalue weighted by atomic mass is 10.2. The molecular formula is C19H23ClN2O6S. The minimum absolute atomic E-state index is 0.00514. The molecule has 2 rings (SSSR count). The highest BCUT2D eigenvalue weighted by atomic mass is 35.5. The summed E-state index contributed by atoms with van der Waals surface area (Å²) >= 11 is 6.05. The first kappa shape index (κ1) is 22.8. The Morgan fingerprint density at radius 2 is 1.66 bits per heavy atom. The van der Waals surface area contributed by atoms with E-state index in [9.17, 15) is 13.2 Å². The summed E-state index contributed by atoms with van der Waals surface area (Å²) in [7, 11) is 0.521. The molecule has 2 N–H and O–H groups in total. The van der Waals surface area contributed by atoms with Crippen molar-refractivity contribution in [2.24, 2.45) is 0 Å². The number of sulfonamides is 1. The minimum atomic E-state index is -3.82. The monoisotopic (exact) mass is 442 g/mol. The van der Waals surface area contributed by atoms with Crippen molar-refractivity contribution in [1.82, 2.24) is 4.72 Å². The Kier molecular flexibility index (Phi) is 7.72. The molecule has 0 saturated heterocycles. The van der Waals surface area contributed by atoms with Crippen LogP contribution in [0.4, 0.5) is 5.69 Å². The Labute approximate surface area is 175 Å². The third-order valence-corrected chi connectivity index (χ3v) is 5.93. The van der Waals surface area contributed by atoms with Gasteiger partial charge >= 0.3 is 0 Å². The fraction of sp³-hybridized carbons (Fsp3) is 0.316. The second-order valence-corrected chi connectivity index (χ2v) is 8.19. The summed E-state index contributed by atoms with van der Waals surface area (Å²) in [5, 5.41) is 3.21. The predicted octanol–water partition coefficient (Wildman–Crippen LogP) is 2.98. The van der Waals surface area contributed by atoms with E-state index < -0.39 is 10.0 Å². The van der Waals surface area contributed by atoms with Crippen LogP contribution < -0.4 is 24.2 Å². The lowest BCUT2D eigenvalue weighted by molar-refractivity contribution is -0.116. The molecule has 2 aromatic rings. The van der Waals surface area contributed by atoms with Crippen LogP contribution in [0.2, 0.25) is 5.02 Å². The van der Waals surface area contributed by atoms with Gasteiger partial charge in [-0.05, 0) is 30.7 Å². The van der Waals surface area contributed by atoms with Crippen LogP contribution in [0, 0.1) is 6.92 Å². The molecule has 0 aliphatic heterocycles. The first-order valence-corrected chi connectivity index (χ1v) is 10.4. The summed E-state index contributed by atoms with van der Waals surface area (Å²) in [5.74, 6) is 0.747. The van der Waals surface area contributed by atoms with Gasteiger partial charge in [-0.2, -0.15) is 0 Å². The zero-order valence-electron chi connectivity index (χ0n) is 16.5. The molecule has 0 aliphatic rings. The van der Waals surface area contributed by atoms with Gasteiger partial charge in [-0.3, -0.25) is 4.79 Å². The number of benzene rings is 2. The number of nitrogens with one attached hydrogen (secondary N) is 2. The van der Waals surface area contributed by atoms with Crippen LogP contribution in [0.5, 0.6) is 17.2 Å². The molecule has 0 saturated carbocycles. The SMILES string of the molecule is COc1cc(Cl)c(C)cc1NC(=O)CCNS(=O)(=O)c1ccc(OC)c(OC)c1. The molecule has 8 nitrogen and oxygen atoms in total. The van der Waals surface area contributed by atoms with Gasteiger partial charge in [-0.1, -0.05) is 11.6 Å². The molecule has 0 fully saturated rings. The molecule has 0 atom stereocenters. The molecule has 0 unspecified atom stereocenters. The van der Waals surface area contributed by atoms with Gasteiger partial charge < -0.3 is 19.5 Å². The van der Waals surface area contributed by atoms with Crippen LogP contribution in [0.1, 0.15) is 12.0 Å². The Balaban J connectivity index is 2.00. The van der Waals surface area contributed by atoms with Crippen molar-refractivity contribution in [1.29, 1.82) is 0 Å². The van der Waals surface area contributed by atoms with Crippen molar-refractivity contribution >= 4 is 33.2 Å². The lowest BCUT2D eigenvalue weighted by Crippen LogP contribution is -2.28. The van der Waals surface area contributed by atoms with E-state index in [0.717, 1.165) is 5.56 Å².